The van der Waals surface area contributed by atoms with Crippen molar-refractivity contribution in [2.75, 3.05) is 19.7 Å². The lowest BCUT2D eigenvalue weighted by Gasteiger charge is -2.19. The maximum Gasteiger partial charge on any atom is 0.335 e. The Morgan fingerprint density at radius 2 is 1.70 bits per heavy atom. The molecule has 1 aromatic carbocycles. The summed E-state index contributed by atoms with van der Waals surface area (Å²) in [4.78, 5) is 24.1. The molecule has 1 rings (SSSR count). The van der Waals surface area contributed by atoms with Crippen LogP contribution in [0.3, 0.4) is 0 Å². The van der Waals surface area contributed by atoms with Crippen molar-refractivity contribution in [1.82, 2.24) is 4.90 Å². The fourth-order valence-electron chi connectivity index (χ4n) is 1.52. The van der Waals surface area contributed by atoms with Crippen LogP contribution < -0.4 is 4.74 Å². The SMILES string of the molecule is C=CCN(CC=C)C(=O)COc1ccc(C(=O)O)cc1. The number of benzene rings is 1. The van der Waals surface area contributed by atoms with E-state index in [4.69, 9.17) is 9.84 Å². The Labute approximate surface area is 117 Å². The third kappa shape index (κ3) is 4.61. The molecule has 0 atom stereocenters. The molecule has 0 heterocycles. The van der Waals surface area contributed by atoms with E-state index in [-0.39, 0.29) is 18.1 Å². The van der Waals surface area contributed by atoms with Crippen molar-refractivity contribution in [3.05, 3.63) is 55.1 Å². The summed E-state index contributed by atoms with van der Waals surface area (Å²) in [6.07, 6.45) is 3.26. The number of rotatable bonds is 8. The van der Waals surface area contributed by atoms with Gasteiger partial charge in [-0.2, -0.15) is 0 Å². The predicted octanol–water partition coefficient (Wildman–Crippen LogP) is 1.96. The first-order chi connectivity index (χ1) is 9.58. The van der Waals surface area contributed by atoms with Crippen molar-refractivity contribution in [2.24, 2.45) is 0 Å². The zero-order chi connectivity index (χ0) is 15.0. The van der Waals surface area contributed by atoms with Crippen LogP contribution in [0.15, 0.2) is 49.6 Å². The van der Waals surface area contributed by atoms with Crippen LogP contribution in [-0.2, 0) is 4.79 Å². The number of carbonyl (C=O) groups is 2. The van der Waals surface area contributed by atoms with Crippen molar-refractivity contribution in [1.29, 1.82) is 0 Å². The molecular formula is C15H17NO4. The van der Waals surface area contributed by atoms with Gasteiger partial charge in [0.25, 0.3) is 5.91 Å². The molecule has 1 amide bonds. The van der Waals surface area contributed by atoms with Crippen molar-refractivity contribution in [2.45, 2.75) is 0 Å². The predicted molar refractivity (Wildman–Crippen MR) is 75.9 cm³/mol. The second kappa shape index (κ2) is 7.78. The van der Waals surface area contributed by atoms with Gasteiger partial charge in [0, 0.05) is 13.1 Å². The number of hydrogen-bond acceptors (Lipinski definition) is 3. The topological polar surface area (TPSA) is 66.8 Å². The molecule has 0 aliphatic heterocycles. The van der Waals surface area contributed by atoms with E-state index in [1.54, 1.807) is 17.1 Å². The van der Waals surface area contributed by atoms with Gasteiger partial charge in [0.2, 0.25) is 0 Å². The highest BCUT2D eigenvalue weighted by Gasteiger charge is 2.11. The fourth-order valence-corrected chi connectivity index (χ4v) is 1.52. The number of carboxylic acids is 1. The Hall–Kier alpha value is -2.56. The van der Waals surface area contributed by atoms with Gasteiger partial charge in [-0.15, -0.1) is 13.2 Å². The molecule has 0 saturated heterocycles. The van der Waals surface area contributed by atoms with Gasteiger partial charge in [0.05, 0.1) is 5.56 Å². The lowest BCUT2D eigenvalue weighted by Crippen LogP contribution is -2.35. The highest BCUT2D eigenvalue weighted by molar-refractivity contribution is 5.87. The summed E-state index contributed by atoms with van der Waals surface area (Å²) in [6, 6.07) is 5.88. The maximum absolute atomic E-state index is 11.9. The quantitative estimate of drug-likeness (QED) is 0.736. The van der Waals surface area contributed by atoms with Gasteiger partial charge < -0.3 is 14.7 Å². The number of carboxylic acid groups (broad SMARTS) is 1. The highest BCUT2D eigenvalue weighted by Crippen LogP contribution is 2.12. The summed E-state index contributed by atoms with van der Waals surface area (Å²) < 4.78 is 5.32. The molecule has 0 bridgehead atoms. The third-order valence-electron chi connectivity index (χ3n) is 2.52. The molecule has 0 aliphatic carbocycles. The average molecular weight is 275 g/mol. The summed E-state index contributed by atoms with van der Waals surface area (Å²) in [6.45, 7) is 7.90. The van der Waals surface area contributed by atoms with Crippen molar-refractivity contribution in [3.8, 4) is 5.75 Å². The minimum absolute atomic E-state index is 0.117. The molecule has 0 radical (unpaired) electrons. The number of aromatic carboxylic acids is 1. The summed E-state index contributed by atoms with van der Waals surface area (Å²) in [5.74, 6) is -0.747. The Kier molecular flexibility index (Phi) is 6.03. The van der Waals surface area contributed by atoms with Crippen molar-refractivity contribution >= 4 is 11.9 Å². The van der Waals surface area contributed by atoms with Crippen LogP contribution in [-0.4, -0.2) is 41.6 Å². The van der Waals surface area contributed by atoms with Crippen LogP contribution in [0.1, 0.15) is 10.4 Å². The first kappa shape index (κ1) is 15.5. The minimum atomic E-state index is -1.00. The average Bonchev–Trinajstić information content (AvgIpc) is 2.45. The molecule has 5 nitrogen and oxygen atoms in total. The number of amides is 1. The normalized spacial score (nSPS) is 9.60. The zero-order valence-electron chi connectivity index (χ0n) is 11.1. The number of nitrogens with zero attached hydrogens (tertiary/aromatic N) is 1. The third-order valence-corrected chi connectivity index (χ3v) is 2.52. The molecule has 1 N–H and O–H groups in total. The number of carbonyl (C=O) groups excluding carboxylic acids is 1. The molecule has 0 aromatic heterocycles. The first-order valence-corrected chi connectivity index (χ1v) is 6.04. The van der Waals surface area contributed by atoms with Gasteiger partial charge in [-0.25, -0.2) is 4.79 Å². The van der Waals surface area contributed by atoms with Crippen LogP contribution in [0.2, 0.25) is 0 Å². The maximum atomic E-state index is 11.9. The zero-order valence-corrected chi connectivity index (χ0v) is 11.1. The van der Waals surface area contributed by atoms with E-state index in [1.165, 1.54) is 24.3 Å². The summed E-state index contributed by atoms with van der Waals surface area (Å²) in [5.41, 5.74) is 0.170. The lowest BCUT2D eigenvalue weighted by molar-refractivity contribution is -0.132. The van der Waals surface area contributed by atoms with Crippen LogP contribution in [0.5, 0.6) is 5.75 Å². The molecule has 0 aliphatic rings. The van der Waals surface area contributed by atoms with Crippen LogP contribution in [0.4, 0.5) is 0 Å². The summed E-state index contributed by atoms with van der Waals surface area (Å²) >= 11 is 0. The Morgan fingerprint density at radius 3 is 2.15 bits per heavy atom. The molecular weight excluding hydrogens is 258 g/mol. The van der Waals surface area contributed by atoms with Gasteiger partial charge in [-0.05, 0) is 24.3 Å². The van der Waals surface area contributed by atoms with Gasteiger partial charge in [-0.3, -0.25) is 4.79 Å². The molecule has 0 unspecified atom stereocenters. The van der Waals surface area contributed by atoms with Crippen LogP contribution in [0, 0.1) is 0 Å². The second-order valence-corrected chi connectivity index (χ2v) is 3.99. The van der Waals surface area contributed by atoms with E-state index in [2.05, 4.69) is 13.2 Å². The Balaban J connectivity index is 2.56. The lowest BCUT2D eigenvalue weighted by atomic mass is 10.2. The molecule has 106 valence electrons. The molecule has 5 heteroatoms. The fraction of sp³-hybridized carbons (Fsp3) is 0.200. The van der Waals surface area contributed by atoms with E-state index in [9.17, 15) is 9.59 Å². The van der Waals surface area contributed by atoms with E-state index in [0.29, 0.717) is 18.8 Å². The van der Waals surface area contributed by atoms with Gasteiger partial charge in [0.15, 0.2) is 6.61 Å². The Bertz CT molecular complexity index is 483. The molecule has 1 aromatic rings. The van der Waals surface area contributed by atoms with Crippen molar-refractivity contribution in [3.63, 3.8) is 0 Å². The highest BCUT2D eigenvalue weighted by atomic mass is 16.5. The van der Waals surface area contributed by atoms with Gasteiger partial charge in [0.1, 0.15) is 5.75 Å². The second-order valence-electron chi connectivity index (χ2n) is 3.99. The molecule has 0 saturated carbocycles. The van der Waals surface area contributed by atoms with E-state index in [1.807, 2.05) is 0 Å². The number of hydrogen-bond donors (Lipinski definition) is 1. The smallest absolute Gasteiger partial charge is 0.335 e. The number of ether oxygens (including phenoxy) is 1. The molecule has 0 fully saturated rings. The van der Waals surface area contributed by atoms with Crippen LogP contribution >= 0.6 is 0 Å². The van der Waals surface area contributed by atoms with E-state index >= 15 is 0 Å². The standard InChI is InChI=1S/C15H17NO4/c1-3-9-16(10-4-2)14(17)11-20-13-7-5-12(6-8-13)15(18)19/h3-8H,1-2,9-11H2,(H,18,19). The summed E-state index contributed by atoms with van der Waals surface area (Å²) in [5, 5.41) is 8.76. The van der Waals surface area contributed by atoms with Gasteiger partial charge in [-0.1, -0.05) is 12.2 Å². The molecule has 20 heavy (non-hydrogen) atoms. The van der Waals surface area contributed by atoms with Crippen molar-refractivity contribution < 1.29 is 19.4 Å². The first-order valence-electron chi connectivity index (χ1n) is 6.04. The van der Waals surface area contributed by atoms with E-state index in [0.717, 1.165) is 0 Å². The monoisotopic (exact) mass is 275 g/mol. The minimum Gasteiger partial charge on any atom is -0.484 e. The van der Waals surface area contributed by atoms with Gasteiger partial charge >= 0.3 is 5.97 Å². The molecule has 0 spiro atoms. The summed E-state index contributed by atoms with van der Waals surface area (Å²) in [7, 11) is 0. The largest absolute Gasteiger partial charge is 0.484 e. The van der Waals surface area contributed by atoms with E-state index < -0.39 is 5.97 Å². The Morgan fingerprint density at radius 1 is 1.15 bits per heavy atom. The van der Waals surface area contributed by atoms with Crippen LogP contribution in [0.25, 0.3) is 0 Å².